The van der Waals surface area contributed by atoms with Gasteiger partial charge in [0.25, 0.3) is 0 Å². The predicted molar refractivity (Wildman–Crippen MR) is 70.6 cm³/mol. The molecule has 0 heterocycles. The van der Waals surface area contributed by atoms with E-state index in [9.17, 15) is 4.79 Å². The normalized spacial score (nSPS) is 14.4. The van der Waals surface area contributed by atoms with Gasteiger partial charge in [-0.25, -0.2) is 0 Å². The van der Waals surface area contributed by atoms with Crippen molar-refractivity contribution in [3.63, 3.8) is 0 Å². The molecule has 0 radical (unpaired) electrons. The summed E-state index contributed by atoms with van der Waals surface area (Å²) in [5.74, 6) is 0.0740. The van der Waals surface area contributed by atoms with Crippen LogP contribution >= 0.6 is 0 Å². The molecule has 0 saturated carbocycles. The Morgan fingerprint density at radius 1 is 1.24 bits per heavy atom. The standard InChI is InChI=1S/C15H22O2/c1-6-15(5,17-7-2)14(16)13-9-8-11(3)12(4)10-13/h8-10H,6-7H2,1-5H3. The first kappa shape index (κ1) is 13.9. The lowest BCUT2D eigenvalue weighted by atomic mass is 9.90. The minimum absolute atomic E-state index is 0.0740. The molecule has 1 rings (SSSR count). The summed E-state index contributed by atoms with van der Waals surface area (Å²) < 4.78 is 5.62. The second kappa shape index (κ2) is 5.46. The number of carbonyl (C=O) groups is 1. The van der Waals surface area contributed by atoms with E-state index in [4.69, 9.17) is 4.74 Å². The first-order valence-corrected chi connectivity index (χ1v) is 6.20. The van der Waals surface area contributed by atoms with Gasteiger partial charge in [-0.05, 0) is 51.3 Å². The lowest BCUT2D eigenvalue weighted by molar-refractivity contribution is -0.0116. The van der Waals surface area contributed by atoms with Crippen molar-refractivity contribution in [2.75, 3.05) is 6.61 Å². The van der Waals surface area contributed by atoms with Gasteiger partial charge in [0.2, 0.25) is 0 Å². The van der Waals surface area contributed by atoms with Crippen LogP contribution in [0.4, 0.5) is 0 Å². The molecule has 0 bridgehead atoms. The molecule has 0 saturated heterocycles. The fraction of sp³-hybridized carbons (Fsp3) is 0.533. The number of Topliss-reactive ketones (excluding diaryl/α,β-unsaturated/α-hetero) is 1. The maximum atomic E-state index is 12.4. The summed E-state index contributed by atoms with van der Waals surface area (Å²) in [6.07, 6.45) is 0.687. The van der Waals surface area contributed by atoms with Crippen LogP contribution < -0.4 is 0 Å². The number of rotatable bonds is 5. The molecule has 94 valence electrons. The Balaban J connectivity index is 3.06. The van der Waals surface area contributed by atoms with E-state index in [0.29, 0.717) is 13.0 Å². The van der Waals surface area contributed by atoms with Gasteiger partial charge in [0, 0.05) is 12.2 Å². The summed E-state index contributed by atoms with van der Waals surface area (Å²) in [5, 5.41) is 0. The summed E-state index contributed by atoms with van der Waals surface area (Å²) in [7, 11) is 0. The van der Waals surface area contributed by atoms with Crippen molar-refractivity contribution < 1.29 is 9.53 Å². The molecule has 0 aliphatic rings. The number of hydrogen-bond acceptors (Lipinski definition) is 2. The molecular weight excluding hydrogens is 212 g/mol. The average molecular weight is 234 g/mol. The highest BCUT2D eigenvalue weighted by Crippen LogP contribution is 2.22. The third-order valence-corrected chi connectivity index (χ3v) is 3.39. The van der Waals surface area contributed by atoms with Gasteiger partial charge in [-0.2, -0.15) is 0 Å². The minimum atomic E-state index is -0.698. The SMILES string of the molecule is CCOC(C)(CC)C(=O)c1ccc(C)c(C)c1. The van der Waals surface area contributed by atoms with Gasteiger partial charge in [-0.3, -0.25) is 4.79 Å². The smallest absolute Gasteiger partial charge is 0.194 e. The molecule has 0 amide bonds. The topological polar surface area (TPSA) is 26.3 Å². The Hall–Kier alpha value is -1.15. The van der Waals surface area contributed by atoms with Crippen LogP contribution in [0.15, 0.2) is 18.2 Å². The first-order valence-electron chi connectivity index (χ1n) is 6.20. The number of hydrogen-bond donors (Lipinski definition) is 0. The van der Waals surface area contributed by atoms with E-state index in [-0.39, 0.29) is 5.78 Å². The van der Waals surface area contributed by atoms with Crippen molar-refractivity contribution in [2.45, 2.75) is 46.6 Å². The Kier molecular flexibility index (Phi) is 4.47. The maximum Gasteiger partial charge on any atom is 0.194 e. The lowest BCUT2D eigenvalue weighted by Gasteiger charge is -2.26. The number of aryl methyl sites for hydroxylation is 2. The summed E-state index contributed by atoms with van der Waals surface area (Å²) in [6.45, 7) is 10.4. The van der Waals surface area contributed by atoms with Gasteiger partial charge in [-0.1, -0.05) is 19.1 Å². The van der Waals surface area contributed by atoms with E-state index in [2.05, 4.69) is 0 Å². The highest BCUT2D eigenvalue weighted by Gasteiger charge is 2.32. The highest BCUT2D eigenvalue weighted by atomic mass is 16.5. The van der Waals surface area contributed by atoms with Crippen LogP contribution in [0, 0.1) is 13.8 Å². The minimum Gasteiger partial charge on any atom is -0.367 e. The van der Waals surface area contributed by atoms with Crippen molar-refractivity contribution in [1.82, 2.24) is 0 Å². The molecule has 2 heteroatoms. The van der Waals surface area contributed by atoms with Crippen molar-refractivity contribution in [2.24, 2.45) is 0 Å². The van der Waals surface area contributed by atoms with Crippen LogP contribution in [0.5, 0.6) is 0 Å². The van der Waals surface area contributed by atoms with Crippen LogP contribution in [0.25, 0.3) is 0 Å². The Morgan fingerprint density at radius 2 is 1.88 bits per heavy atom. The van der Waals surface area contributed by atoms with Crippen LogP contribution in [0.3, 0.4) is 0 Å². The largest absolute Gasteiger partial charge is 0.367 e. The second-order valence-corrected chi connectivity index (χ2v) is 4.65. The van der Waals surface area contributed by atoms with Crippen LogP contribution in [0.2, 0.25) is 0 Å². The number of benzene rings is 1. The third kappa shape index (κ3) is 2.95. The van der Waals surface area contributed by atoms with Gasteiger partial charge < -0.3 is 4.74 Å². The van der Waals surface area contributed by atoms with Crippen molar-refractivity contribution in [1.29, 1.82) is 0 Å². The van der Waals surface area contributed by atoms with E-state index in [0.717, 1.165) is 11.1 Å². The Labute approximate surface area is 104 Å². The fourth-order valence-electron chi connectivity index (χ4n) is 1.83. The maximum absolute atomic E-state index is 12.4. The summed E-state index contributed by atoms with van der Waals surface area (Å²) in [6, 6.07) is 5.83. The summed E-state index contributed by atoms with van der Waals surface area (Å²) >= 11 is 0. The van der Waals surface area contributed by atoms with Gasteiger partial charge in [0.05, 0.1) is 0 Å². The average Bonchev–Trinajstić information content (AvgIpc) is 2.32. The molecule has 0 spiro atoms. The molecule has 1 atom stereocenters. The van der Waals surface area contributed by atoms with Crippen LogP contribution in [-0.2, 0) is 4.74 Å². The first-order chi connectivity index (χ1) is 7.94. The second-order valence-electron chi connectivity index (χ2n) is 4.65. The fourth-order valence-corrected chi connectivity index (χ4v) is 1.83. The summed E-state index contributed by atoms with van der Waals surface area (Å²) in [5.41, 5.74) is 2.39. The molecule has 1 aromatic rings. The van der Waals surface area contributed by atoms with Crippen LogP contribution in [0.1, 0.15) is 48.7 Å². The molecule has 17 heavy (non-hydrogen) atoms. The van der Waals surface area contributed by atoms with Gasteiger partial charge in [0.1, 0.15) is 5.60 Å². The molecule has 0 N–H and O–H groups in total. The van der Waals surface area contributed by atoms with Crippen molar-refractivity contribution in [3.8, 4) is 0 Å². The van der Waals surface area contributed by atoms with Crippen LogP contribution in [-0.4, -0.2) is 18.0 Å². The number of ether oxygens (including phenoxy) is 1. The van der Waals surface area contributed by atoms with E-state index in [1.165, 1.54) is 5.56 Å². The summed E-state index contributed by atoms with van der Waals surface area (Å²) in [4.78, 5) is 12.4. The zero-order valence-electron chi connectivity index (χ0n) is 11.5. The third-order valence-electron chi connectivity index (χ3n) is 3.39. The quantitative estimate of drug-likeness (QED) is 0.726. The molecule has 1 aromatic carbocycles. The molecule has 0 fully saturated rings. The molecule has 0 aliphatic carbocycles. The Bertz CT molecular complexity index is 409. The van der Waals surface area contributed by atoms with E-state index < -0.39 is 5.60 Å². The van der Waals surface area contributed by atoms with E-state index in [1.807, 2.05) is 52.8 Å². The monoisotopic (exact) mass is 234 g/mol. The number of ketones is 1. The molecular formula is C15H22O2. The van der Waals surface area contributed by atoms with E-state index in [1.54, 1.807) is 0 Å². The molecule has 1 unspecified atom stereocenters. The highest BCUT2D eigenvalue weighted by molar-refractivity contribution is 6.02. The molecule has 0 aliphatic heterocycles. The van der Waals surface area contributed by atoms with Gasteiger partial charge in [-0.15, -0.1) is 0 Å². The van der Waals surface area contributed by atoms with Crippen molar-refractivity contribution >= 4 is 5.78 Å². The number of carbonyl (C=O) groups excluding carboxylic acids is 1. The van der Waals surface area contributed by atoms with E-state index >= 15 is 0 Å². The predicted octanol–water partition coefficient (Wildman–Crippen LogP) is 3.69. The lowest BCUT2D eigenvalue weighted by Crippen LogP contribution is -2.38. The van der Waals surface area contributed by atoms with Crippen molar-refractivity contribution in [3.05, 3.63) is 34.9 Å². The Morgan fingerprint density at radius 3 is 2.35 bits per heavy atom. The molecule has 0 aromatic heterocycles. The zero-order chi connectivity index (χ0) is 13.1. The van der Waals surface area contributed by atoms with Gasteiger partial charge in [0.15, 0.2) is 5.78 Å². The molecule has 2 nitrogen and oxygen atoms in total. The zero-order valence-corrected chi connectivity index (χ0v) is 11.5. The van der Waals surface area contributed by atoms with Gasteiger partial charge >= 0.3 is 0 Å².